The summed E-state index contributed by atoms with van der Waals surface area (Å²) in [6.07, 6.45) is 0. The van der Waals surface area contributed by atoms with Crippen LogP contribution in [0.4, 0.5) is 5.13 Å². The number of amides is 2. The number of carbonyl (C=O) groups excluding carboxylic acids is 2. The number of benzene rings is 2. The normalized spacial score (nSPS) is 11.3. The molecule has 0 saturated carbocycles. The number of thiazole rings is 1. The smallest absolute Gasteiger partial charge is 0.251 e. The summed E-state index contributed by atoms with van der Waals surface area (Å²) in [4.78, 5) is 34.1. The maximum Gasteiger partial charge on any atom is 0.251 e. The number of aromatic nitrogens is 2. The van der Waals surface area contributed by atoms with Gasteiger partial charge in [-0.3, -0.25) is 14.6 Å². The number of nitrogens with zero attached hydrogens (tertiary/aromatic N) is 2. The van der Waals surface area contributed by atoms with Crippen LogP contribution in [0.15, 0.2) is 66.0 Å². The first-order valence-corrected chi connectivity index (χ1v) is 12.9. The summed E-state index contributed by atoms with van der Waals surface area (Å²) in [6.45, 7) is 8.32. The van der Waals surface area contributed by atoms with Crippen molar-refractivity contribution >= 4 is 28.3 Å². The topological polar surface area (TPSA) is 110 Å². The van der Waals surface area contributed by atoms with Crippen molar-refractivity contribution in [2.24, 2.45) is 5.73 Å². The molecule has 0 bridgehead atoms. The molecular formula is C29H31N5O2S. The third kappa shape index (κ3) is 6.47. The predicted octanol–water partition coefficient (Wildman–Crippen LogP) is 5.09. The highest BCUT2D eigenvalue weighted by Gasteiger charge is 2.20. The first-order valence-electron chi connectivity index (χ1n) is 12.0. The number of aryl methyl sites for hydroxylation is 2. The molecule has 0 aliphatic carbocycles. The van der Waals surface area contributed by atoms with E-state index in [1.54, 1.807) is 6.07 Å². The third-order valence-electron chi connectivity index (χ3n) is 6.15. The highest BCUT2D eigenvalue weighted by atomic mass is 32.1. The Morgan fingerprint density at radius 1 is 0.919 bits per heavy atom. The molecule has 4 aromatic rings. The summed E-state index contributed by atoms with van der Waals surface area (Å²) in [6, 6.07) is 19.5. The Balaban J connectivity index is 1.38. The fourth-order valence-corrected chi connectivity index (χ4v) is 4.68. The number of pyridine rings is 1. The van der Waals surface area contributed by atoms with Crippen molar-refractivity contribution < 1.29 is 9.59 Å². The second-order valence-corrected chi connectivity index (χ2v) is 10.5. The van der Waals surface area contributed by atoms with E-state index >= 15 is 0 Å². The molecule has 0 aliphatic heterocycles. The minimum Gasteiger partial charge on any atom is -0.343 e. The number of anilines is 1. The van der Waals surface area contributed by atoms with E-state index in [9.17, 15) is 9.59 Å². The molecule has 2 aromatic heterocycles. The van der Waals surface area contributed by atoms with Crippen molar-refractivity contribution in [3.8, 4) is 22.4 Å². The molecule has 0 spiro atoms. The first kappa shape index (κ1) is 26.2. The molecule has 37 heavy (non-hydrogen) atoms. The maximum absolute atomic E-state index is 12.6. The Hall–Kier alpha value is -3.88. The van der Waals surface area contributed by atoms with E-state index in [0.717, 1.165) is 39.3 Å². The Labute approximate surface area is 221 Å². The maximum atomic E-state index is 12.6. The molecular weight excluding hydrogens is 482 g/mol. The summed E-state index contributed by atoms with van der Waals surface area (Å²) in [5, 5.41) is 7.83. The molecule has 0 saturated heterocycles. The number of carbonyl (C=O) groups is 2. The van der Waals surface area contributed by atoms with Gasteiger partial charge in [0.15, 0.2) is 5.13 Å². The van der Waals surface area contributed by atoms with Gasteiger partial charge in [-0.1, -0.05) is 44.2 Å². The van der Waals surface area contributed by atoms with Crippen LogP contribution >= 0.6 is 11.3 Å². The fraction of sp³-hybridized carbons (Fsp3) is 0.241. The van der Waals surface area contributed by atoms with Gasteiger partial charge in [0.05, 0.1) is 12.2 Å². The van der Waals surface area contributed by atoms with Crippen LogP contribution in [0.1, 0.15) is 41.2 Å². The second kappa shape index (κ2) is 11.0. The molecule has 0 atom stereocenters. The summed E-state index contributed by atoms with van der Waals surface area (Å²) in [7, 11) is 0. The molecule has 2 amide bonds. The quantitative estimate of drug-likeness (QED) is 0.304. The van der Waals surface area contributed by atoms with Crippen LogP contribution in [0, 0.1) is 13.8 Å². The SMILES string of the molecule is Cc1cc(-c2cccc(-c3csc(NC(=O)CNC(=O)c4cccc(C(C)(C)CN)c4)n3)c2)cc(C)n1. The summed E-state index contributed by atoms with van der Waals surface area (Å²) >= 11 is 1.34. The van der Waals surface area contributed by atoms with Crippen molar-refractivity contribution in [3.63, 3.8) is 0 Å². The molecule has 4 rings (SSSR count). The van der Waals surface area contributed by atoms with Crippen molar-refractivity contribution in [3.05, 3.63) is 88.6 Å². The standard InChI is InChI=1S/C29H31N5O2S/c1-18-11-23(12-19(2)32-18)20-7-5-8-21(13-20)25-16-37-28(33-25)34-26(35)15-31-27(36)22-9-6-10-24(14-22)29(3,4)17-30/h5-14,16H,15,17,30H2,1-4H3,(H,31,36)(H,33,34,35). The Kier molecular flexibility index (Phi) is 7.80. The third-order valence-corrected chi connectivity index (χ3v) is 6.91. The van der Waals surface area contributed by atoms with E-state index in [2.05, 4.69) is 44.9 Å². The largest absolute Gasteiger partial charge is 0.343 e. The second-order valence-electron chi connectivity index (χ2n) is 9.66. The van der Waals surface area contributed by atoms with E-state index in [1.165, 1.54) is 11.3 Å². The molecule has 190 valence electrons. The van der Waals surface area contributed by atoms with Crippen LogP contribution in [0.2, 0.25) is 0 Å². The van der Waals surface area contributed by atoms with Gasteiger partial charge in [-0.2, -0.15) is 0 Å². The number of rotatable bonds is 8. The molecule has 7 nitrogen and oxygen atoms in total. The molecule has 0 fully saturated rings. The van der Waals surface area contributed by atoms with Gasteiger partial charge in [0.1, 0.15) is 0 Å². The van der Waals surface area contributed by atoms with E-state index in [1.807, 2.05) is 63.4 Å². The zero-order valence-electron chi connectivity index (χ0n) is 21.5. The van der Waals surface area contributed by atoms with Gasteiger partial charge >= 0.3 is 0 Å². The Morgan fingerprint density at radius 2 is 1.62 bits per heavy atom. The lowest BCUT2D eigenvalue weighted by molar-refractivity contribution is -0.115. The average Bonchev–Trinajstić information content (AvgIpc) is 3.35. The summed E-state index contributed by atoms with van der Waals surface area (Å²) in [5.74, 6) is -0.660. The Morgan fingerprint density at radius 3 is 2.35 bits per heavy atom. The number of hydrogen-bond acceptors (Lipinski definition) is 6. The van der Waals surface area contributed by atoms with Crippen LogP contribution in [0.3, 0.4) is 0 Å². The van der Waals surface area contributed by atoms with E-state index in [4.69, 9.17) is 5.73 Å². The number of nitrogens with two attached hydrogens (primary N) is 1. The van der Waals surface area contributed by atoms with Gasteiger partial charge in [-0.15, -0.1) is 11.3 Å². The Bertz CT molecular complexity index is 1420. The molecule has 0 unspecified atom stereocenters. The van der Waals surface area contributed by atoms with Crippen molar-refractivity contribution in [2.75, 3.05) is 18.4 Å². The van der Waals surface area contributed by atoms with Gasteiger partial charge in [-0.25, -0.2) is 4.98 Å². The summed E-state index contributed by atoms with van der Waals surface area (Å²) < 4.78 is 0. The highest BCUT2D eigenvalue weighted by molar-refractivity contribution is 7.14. The van der Waals surface area contributed by atoms with Crippen LogP contribution in [-0.2, 0) is 10.2 Å². The molecule has 2 aromatic carbocycles. The van der Waals surface area contributed by atoms with E-state index in [-0.39, 0.29) is 23.8 Å². The van der Waals surface area contributed by atoms with E-state index in [0.29, 0.717) is 17.2 Å². The highest BCUT2D eigenvalue weighted by Crippen LogP contribution is 2.29. The monoisotopic (exact) mass is 513 g/mol. The zero-order valence-corrected chi connectivity index (χ0v) is 22.3. The molecule has 0 aliphatic rings. The summed E-state index contributed by atoms with van der Waals surface area (Å²) in [5.41, 5.74) is 12.9. The molecule has 0 radical (unpaired) electrons. The first-order chi connectivity index (χ1) is 17.6. The predicted molar refractivity (Wildman–Crippen MR) is 150 cm³/mol. The minimum absolute atomic E-state index is 0.158. The van der Waals surface area contributed by atoms with Gasteiger partial charge in [0.25, 0.3) is 5.91 Å². The zero-order chi connectivity index (χ0) is 26.6. The van der Waals surface area contributed by atoms with E-state index < -0.39 is 0 Å². The van der Waals surface area contributed by atoms with Crippen molar-refractivity contribution in [2.45, 2.75) is 33.1 Å². The van der Waals surface area contributed by atoms with Gasteiger partial charge in [0, 0.05) is 39.9 Å². The molecule has 4 N–H and O–H groups in total. The van der Waals surface area contributed by atoms with Crippen LogP contribution in [-0.4, -0.2) is 34.9 Å². The lowest BCUT2D eigenvalue weighted by Gasteiger charge is -2.23. The van der Waals surface area contributed by atoms with Crippen LogP contribution < -0.4 is 16.4 Å². The van der Waals surface area contributed by atoms with Gasteiger partial charge in [-0.05, 0) is 60.9 Å². The van der Waals surface area contributed by atoms with Gasteiger partial charge in [0.2, 0.25) is 5.91 Å². The minimum atomic E-state index is -0.343. The van der Waals surface area contributed by atoms with Gasteiger partial charge < -0.3 is 16.4 Å². The fourth-order valence-electron chi connectivity index (χ4n) is 3.95. The average molecular weight is 514 g/mol. The molecule has 2 heterocycles. The molecule has 8 heteroatoms. The van der Waals surface area contributed by atoms with Crippen LogP contribution in [0.25, 0.3) is 22.4 Å². The number of nitrogens with one attached hydrogen (secondary N) is 2. The van der Waals surface area contributed by atoms with Crippen molar-refractivity contribution in [1.29, 1.82) is 0 Å². The van der Waals surface area contributed by atoms with Crippen LogP contribution in [0.5, 0.6) is 0 Å². The number of hydrogen-bond donors (Lipinski definition) is 3. The van der Waals surface area contributed by atoms with Crippen molar-refractivity contribution in [1.82, 2.24) is 15.3 Å². The lowest BCUT2D eigenvalue weighted by atomic mass is 9.84. The lowest BCUT2D eigenvalue weighted by Crippen LogP contribution is -2.33.